The number of hydrogen-bond acceptors (Lipinski definition) is 8. The predicted octanol–water partition coefficient (Wildman–Crippen LogP) is 4.84. The van der Waals surface area contributed by atoms with E-state index in [1.54, 1.807) is 48.7 Å². The minimum Gasteiger partial charge on any atom is -0.340 e. The second-order valence-electron chi connectivity index (χ2n) is 6.80. The van der Waals surface area contributed by atoms with Gasteiger partial charge in [-0.15, -0.1) is 11.3 Å². The van der Waals surface area contributed by atoms with Crippen molar-refractivity contribution in [3.05, 3.63) is 77.6 Å². The predicted molar refractivity (Wildman–Crippen MR) is 124 cm³/mol. The van der Waals surface area contributed by atoms with Gasteiger partial charge < -0.3 is 10.6 Å². The molecule has 0 unspecified atom stereocenters. The SMILES string of the molecule is Cc1ccnc(Nc2cc(Nc3ccc(NS(=O)(=O)c4ccc(C)s4)cc3)ncn2)c1. The maximum atomic E-state index is 12.5. The fourth-order valence-electron chi connectivity index (χ4n) is 2.76. The molecular formula is C21H20N6O2S2. The Balaban J connectivity index is 1.43. The van der Waals surface area contributed by atoms with Gasteiger partial charge in [0.25, 0.3) is 10.0 Å². The van der Waals surface area contributed by atoms with Crippen molar-refractivity contribution < 1.29 is 8.42 Å². The zero-order valence-corrected chi connectivity index (χ0v) is 18.5. The topological polar surface area (TPSA) is 109 Å². The first-order valence-electron chi connectivity index (χ1n) is 9.35. The summed E-state index contributed by atoms with van der Waals surface area (Å²) in [4.78, 5) is 13.6. The molecule has 0 aliphatic rings. The highest BCUT2D eigenvalue weighted by Crippen LogP contribution is 2.25. The lowest BCUT2D eigenvalue weighted by Gasteiger charge is -2.10. The largest absolute Gasteiger partial charge is 0.340 e. The highest BCUT2D eigenvalue weighted by molar-refractivity contribution is 7.94. The van der Waals surface area contributed by atoms with Gasteiger partial charge in [0.15, 0.2) is 0 Å². The van der Waals surface area contributed by atoms with Crippen LogP contribution < -0.4 is 15.4 Å². The standard InChI is InChI=1S/C21H20N6O2S2/c1-14-9-10-22-18(11-14)26-20-12-19(23-13-24-20)25-16-4-6-17(7-5-16)27-31(28,29)21-8-3-15(2)30-21/h3-13,27H,1-2H3,(H2,22,23,24,25,26). The molecule has 0 atom stereocenters. The average Bonchev–Trinajstić information content (AvgIpc) is 3.17. The molecule has 0 saturated heterocycles. The normalized spacial score (nSPS) is 11.2. The molecule has 3 heterocycles. The van der Waals surface area contributed by atoms with Gasteiger partial charge in [-0.1, -0.05) is 0 Å². The average molecular weight is 453 g/mol. The molecule has 0 radical (unpaired) electrons. The van der Waals surface area contributed by atoms with Crippen molar-refractivity contribution in [1.29, 1.82) is 0 Å². The van der Waals surface area contributed by atoms with E-state index in [-0.39, 0.29) is 4.21 Å². The quantitative estimate of drug-likeness (QED) is 0.368. The molecule has 3 aromatic heterocycles. The Bertz CT molecular complexity index is 1300. The molecular weight excluding hydrogens is 432 g/mol. The van der Waals surface area contributed by atoms with Gasteiger partial charge in [-0.2, -0.15) is 0 Å². The summed E-state index contributed by atoms with van der Waals surface area (Å²) in [5.41, 5.74) is 2.33. The van der Waals surface area contributed by atoms with Crippen molar-refractivity contribution in [2.24, 2.45) is 0 Å². The van der Waals surface area contributed by atoms with Gasteiger partial charge in [-0.05, 0) is 67.9 Å². The first kappa shape index (κ1) is 20.8. The molecule has 8 nitrogen and oxygen atoms in total. The highest BCUT2D eigenvalue weighted by Gasteiger charge is 2.16. The lowest BCUT2D eigenvalue weighted by molar-refractivity contribution is 0.603. The van der Waals surface area contributed by atoms with E-state index in [4.69, 9.17) is 0 Å². The minimum atomic E-state index is -3.59. The monoisotopic (exact) mass is 452 g/mol. The first-order chi connectivity index (χ1) is 14.9. The van der Waals surface area contributed by atoms with Gasteiger partial charge in [0.2, 0.25) is 0 Å². The Morgan fingerprint density at radius 1 is 0.774 bits per heavy atom. The molecule has 0 spiro atoms. The van der Waals surface area contributed by atoms with Crippen LogP contribution in [0.4, 0.5) is 28.8 Å². The van der Waals surface area contributed by atoms with Crippen LogP contribution in [0.15, 0.2) is 71.3 Å². The van der Waals surface area contributed by atoms with Gasteiger partial charge in [-0.25, -0.2) is 23.4 Å². The minimum absolute atomic E-state index is 0.288. The number of nitrogens with zero attached hydrogens (tertiary/aromatic N) is 3. The Hall–Kier alpha value is -3.50. The molecule has 4 aromatic rings. The van der Waals surface area contributed by atoms with E-state index in [2.05, 4.69) is 30.3 Å². The third-order valence-corrected chi connectivity index (χ3v) is 7.10. The Labute approximate surface area is 184 Å². The molecule has 0 aliphatic heterocycles. The number of nitrogens with one attached hydrogen (secondary N) is 3. The van der Waals surface area contributed by atoms with Crippen molar-refractivity contribution in [2.45, 2.75) is 18.1 Å². The molecule has 1 aromatic carbocycles. The molecule has 10 heteroatoms. The second-order valence-corrected chi connectivity index (χ2v) is 10.0. The molecule has 0 bridgehead atoms. The first-order valence-corrected chi connectivity index (χ1v) is 11.7. The lowest BCUT2D eigenvalue weighted by atomic mass is 10.3. The highest BCUT2D eigenvalue weighted by atomic mass is 32.2. The fourth-order valence-corrected chi connectivity index (χ4v) is 5.10. The maximum absolute atomic E-state index is 12.5. The van der Waals surface area contributed by atoms with Crippen molar-refractivity contribution in [3.63, 3.8) is 0 Å². The van der Waals surface area contributed by atoms with Crippen LogP contribution in [0.1, 0.15) is 10.4 Å². The van der Waals surface area contributed by atoms with Crippen molar-refractivity contribution in [2.75, 3.05) is 15.4 Å². The van der Waals surface area contributed by atoms with Gasteiger partial charge in [0, 0.05) is 28.5 Å². The van der Waals surface area contributed by atoms with Crippen LogP contribution in [-0.4, -0.2) is 23.4 Å². The summed E-state index contributed by atoms with van der Waals surface area (Å²) < 4.78 is 27.8. The van der Waals surface area contributed by atoms with Crippen molar-refractivity contribution in [3.8, 4) is 0 Å². The molecule has 4 rings (SSSR count). The van der Waals surface area contributed by atoms with E-state index in [9.17, 15) is 8.42 Å². The van der Waals surface area contributed by atoms with E-state index in [0.29, 0.717) is 23.1 Å². The zero-order valence-electron chi connectivity index (χ0n) is 16.8. The van der Waals surface area contributed by atoms with Crippen molar-refractivity contribution >= 4 is 50.2 Å². The van der Waals surface area contributed by atoms with Crippen LogP contribution in [0.25, 0.3) is 0 Å². The number of pyridine rings is 1. The molecule has 0 saturated carbocycles. The lowest BCUT2D eigenvalue weighted by Crippen LogP contribution is -2.11. The van der Waals surface area contributed by atoms with Crippen LogP contribution in [0.3, 0.4) is 0 Å². The number of rotatable bonds is 7. The van der Waals surface area contributed by atoms with Crippen LogP contribution in [0.5, 0.6) is 0 Å². The van der Waals surface area contributed by atoms with Gasteiger partial charge in [-0.3, -0.25) is 4.72 Å². The van der Waals surface area contributed by atoms with Crippen LogP contribution in [-0.2, 0) is 10.0 Å². The van der Waals surface area contributed by atoms with Gasteiger partial charge in [0.1, 0.15) is 28.0 Å². The van der Waals surface area contributed by atoms with E-state index >= 15 is 0 Å². The summed E-state index contributed by atoms with van der Waals surface area (Å²) in [7, 11) is -3.59. The third kappa shape index (κ3) is 5.36. The van der Waals surface area contributed by atoms with Crippen LogP contribution in [0.2, 0.25) is 0 Å². The summed E-state index contributed by atoms with van der Waals surface area (Å²) in [5.74, 6) is 1.89. The molecule has 158 valence electrons. The Morgan fingerprint density at radius 3 is 2.13 bits per heavy atom. The number of thiophene rings is 1. The fraction of sp³-hybridized carbons (Fsp3) is 0.0952. The smallest absolute Gasteiger partial charge is 0.271 e. The third-order valence-electron chi connectivity index (χ3n) is 4.23. The zero-order chi connectivity index (χ0) is 21.8. The maximum Gasteiger partial charge on any atom is 0.271 e. The number of aromatic nitrogens is 3. The van der Waals surface area contributed by atoms with E-state index < -0.39 is 10.0 Å². The Kier molecular flexibility index (Phi) is 5.83. The second kappa shape index (κ2) is 8.70. The molecule has 0 fully saturated rings. The van der Waals surface area contributed by atoms with E-state index in [0.717, 1.165) is 16.1 Å². The summed E-state index contributed by atoms with van der Waals surface area (Å²) in [5, 5.41) is 6.32. The number of aryl methyl sites for hydroxylation is 2. The van der Waals surface area contributed by atoms with E-state index in [1.165, 1.54) is 17.7 Å². The molecule has 0 amide bonds. The summed E-state index contributed by atoms with van der Waals surface area (Å²) in [6, 6.07) is 15.9. The van der Waals surface area contributed by atoms with Gasteiger partial charge >= 0.3 is 0 Å². The van der Waals surface area contributed by atoms with Crippen LogP contribution in [0, 0.1) is 13.8 Å². The number of hydrogen-bond donors (Lipinski definition) is 3. The van der Waals surface area contributed by atoms with Gasteiger partial charge in [0.05, 0.1) is 0 Å². The Morgan fingerprint density at radius 2 is 1.45 bits per heavy atom. The summed E-state index contributed by atoms with van der Waals surface area (Å²) in [6.07, 6.45) is 3.18. The number of benzene rings is 1. The molecule has 3 N–H and O–H groups in total. The van der Waals surface area contributed by atoms with Crippen LogP contribution >= 0.6 is 11.3 Å². The molecule has 31 heavy (non-hydrogen) atoms. The number of anilines is 5. The van der Waals surface area contributed by atoms with E-state index in [1.807, 2.05) is 26.0 Å². The number of sulfonamides is 1. The summed E-state index contributed by atoms with van der Waals surface area (Å²) in [6.45, 7) is 3.86. The van der Waals surface area contributed by atoms with Crippen molar-refractivity contribution in [1.82, 2.24) is 15.0 Å². The molecule has 0 aliphatic carbocycles. The summed E-state index contributed by atoms with van der Waals surface area (Å²) >= 11 is 1.23.